The SMILES string of the molecule is CC1(c2cccc(O)c2)SCCS1. The summed E-state index contributed by atoms with van der Waals surface area (Å²) >= 11 is 3.92. The smallest absolute Gasteiger partial charge is 0.115 e. The Hall–Kier alpha value is -0.280. The largest absolute Gasteiger partial charge is 0.508 e. The minimum atomic E-state index is 0.152. The average molecular weight is 212 g/mol. The Kier molecular flexibility index (Phi) is 2.47. The van der Waals surface area contributed by atoms with Gasteiger partial charge in [0.05, 0.1) is 4.08 Å². The highest BCUT2D eigenvalue weighted by Crippen LogP contribution is 2.51. The van der Waals surface area contributed by atoms with E-state index >= 15 is 0 Å². The van der Waals surface area contributed by atoms with Crippen molar-refractivity contribution in [1.82, 2.24) is 0 Å². The molecule has 2 rings (SSSR count). The lowest BCUT2D eigenvalue weighted by Gasteiger charge is -2.22. The molecule has 0 amide bonds. The van der Waals surface area contributed by atoms with Gasteiger partial charge >= 0.3 is 0 Å². The first kappa shape index (κ1) is 9.28. The minimum Gasteiger partial charge on any atom is -0.508 e. The van der Waals surface area contributed by atoms with Gasteiger partial charge in [0.15, 0.2) is 0 Å². The Morgan fingerprint density at radius 3 is 2.62 bits per heavy atom. The van der Waals surface area contributed by atoms with Crippen molar-refractivity contribution < 1.29 is 5.11 Å². The molecule has 1 N–H and O–H groups in total. The summed E-state index contributed by atoms with van der Waals surface area (Å²) in [5, 5.41) is 9.37. The quantitative estimate of drug-likeness (QED) is 0.772. The zero-order chi connectivity index (χ0) is 9.31. The first-order valence-electron chi connectivity index (χ1n) is 4.28. The van der Waals surface area contributed by atoms with Crippen LogP contribution in [0.2, 0.25) is 0 Å². The van der Waals surface area contributed by atoms with Crippen molar-refractivity contribution in [3.63, 3.8) is 0 Å². The Morgan fingerprint density at radius 2 is 2.00 bits per heavy atom. The summed E-state index contributed by atoms with van der Waals surface area (Å²) in [6, 6.07) is 7.59. The number of phenols is 1. The molecule has 1 saturated heterocycles. The highest BCUT2D eigenvalue weighted by Gasteiger charge is 2.32. The van der Waals surface area contributed by atoms with Crippen LogP contribution in [0.5, 0.6) is 5.75 Å². The van der Waals surface area contributed by atoms with Gasteiger partial charge in [0, 0.05) is 11.5 Å². The number of thioether (sulfide) groups is 2. The van der Waals surface area contributed by atoms with Crippen molar-refractivity contribution in [2.75, 3.05) is 11.5 Å². The standard InChI is InChI=1S/C10H12OS2/c1-10(12-5-6-13-10)8-3-2-4-9(11)7-8/h2-4,7,11H,5-6H2,1H3. The predicted octanol–water partition coefficient (Wildman–Crippen LogP) is 3.04. The van der Waals surface area contributed by atoms with Gasteiger partial charge < -0.3 is 5.11 Å². The maximum Gasteiger partial charge on any atom is 0.115 e. The van der Waals surface area contributed by atoms with Gasteiger partial charge in [-0.1, -0.05) is 12.1 Å². The number of hydrogen-bond acceptors (Lipinski definition) is 3. The number of aromatic hydroxyl groups is 1. The van der Waals surface area contributed by atoms with E-state index in [-0.39, 0.29) is 4.08 Å². The van der Waals surface area contributed by atoms with Crippen LogP contribution in [0.3, 0.4) is 0 Å². The molecule has 1 heterocycles. The number of rotatable bonds is 1. The third-order valence-corrected chi connectivity index (χ3v) is 5.56. The second-order valence-corrected chi connectivity index (χ2v) is 6.48. The van der Waals surface area contributed by atoms with Gasteiger partial charge in [0.25, 0.3) is 0 Å². The molecule has 1 aliphatic heterocycles. The predicted molar refractivity (Wildman–Crippen MR) is 60.4 cm³/mol. The van der Waals surface area contributed by atoms with E-state index in [4.69, 9.17) is 0 Å². The topological polar surface area (TPSA) is 20.2 Å². The molecule has 1 nitrogen and oxygen atoms in total. The van der Waals surface area contributed by atoms with E-state index in [0.717, 1.165) is 0 Å². The first-order valence-corrected chi connectivity index (χ1v) is 6.25. The lowest BCUT2D eigenvalue weighted by Crippen LogP contribution is -2.07. The molecule has 0 aromatic heterocycles. The maximum atomic E-state index is 9.37. The lowest BCUT2D eigenvalue weighted by atomic mass is 10.1. The van der Waals surface area contributed by atoms with Crippen LogP contribution in [-0.2, 0) is 4.08 Å². The van der Waals surface area contributed by atoms with Crippen LogP contribution in [0.15, 0.2) is 24.3 Å². The Bertz CT molecular complexity index is 306. The summed E-state index contributed by atoms with van der Waals surface area (Å²) < 4.78 is 0.152. The van der Waals surface area contributed by atoms with Crippen molar-refractivity contribution in [3.8, 4) is 5.75 Å². The van der Waals surface area contributed by atoms with E-state index in [2.05, 4.69) is 13.0 Å². The summed E-state index contributed by atoms with van der Waals surface area (Å²) in [6.45, 7) is 2.23. The molecule has 3 heteroatoms. The molecule has 0 spiro atoms. The van der Waals surface area contributed by atoms with E-state index in [9.17, 15) is 5.11 Å². The first-order chi connectivity index (χ1) is 6.21. The number of hydrogen-bond donors (Lipinski definition) is 1. The molecule has 1 fully saturated rings. The van der Waals surface area contributed by atoms with Crippen LogP contribution in [-0.4, -0.2) is 16.6 Å². The fourth-order valence-electron chi connectivity index (χ4n) is 1.47. The summed E-state index contributed by atoms with van der Waals surface area (Å²) in [5.74, 6) is 2.78. The van der Waals surface area contributed by atoms with Crippen molar-refractivity contribution in [2.24, 2.45) is 0 Å². The van der Waals surface area contributed by atoms with Crippen LogP contribution >= 0.6 is 23.5 Å². The second-order valence-electron chi connectivity index (χ2n) is 3.19. The summed E-state index contributed by atoms with van der Waals surface area (Å²) in [4.78, 5) is 0. The molecule has 1 aliphatic rings. The van der Waals surface area contributed by atoms with Crippen molar-refractivity contribution in [3.05, 3.63) is 29.8 Å². The zero-order valence-electron chi connectivity index (χ0n) is 7.49. The monoisotopic (exact) mass is 212 g/mol. The van der Waals surface area contributed by atoms with E-state index in [0.29, 0.717) is 5.75 Å². The highest BCUT2D eigenvalue weighted by atomic mass is 32.2. The Balaban J connectivity index is 2.33. The molecule has 0 bridgehead atoms. The van der Waals surface area contributed by atoms with Gasteiger partial charge in [-0.25, -0.2) is 0 Å². The second kappa shape index (κ2) is 3.46. The van der Waals surface area contributed by atoms with Gasteiger partial charge in [-0.3, -0.25) is 0 Å². The van der Waals surface area contributed by atoms with Crippen LogP contribution in [0.25, 0.3) is 0 Å². The molecule has 1 aromatic rings. The molecular formula is C10H12OS2. The van der Waals surface area contributed by atoms with Crippen LogP contribution in [0.1, 0.15) is 12.5 Å². The van der Waals surface area contributed by atoms with Crippen LogP contribution in [0.4, 0.5) is 0 Å². The molecule has 0 unspecified atom stereocenters. The molecule has 0 aliphatic carbocycles. The lowest BCUT2D eigenvalue weighted by molar-refractivity contribution is 0.474. The third-order valence-electron chi connectivity index (χ3n) is 2.21. The van der Waals surface area contributed by atoms with Crippen molar-refractivity contribution in [1.29, 1.82) is 0 Å². The van der Waals surface area contributed by atoms with Gasteiger partial charge in [-0.2, -0.15) is 0 Å². The van der Waals surface area contributed by atoms with Crippen LogP contribution < -0.4 is 0 Å². The number of benzene rings is 1. The molecule has 1 aromatic carbocycles. The fraction of sp³-hybridized carbons (Fsp3) is 0.400. The zero-order valence-corrected chi connectivity index (χ0v) is 9.12. The molecule has 0 atom stereocenters. The highest BCUT2D eigenvalue weighted by molar-refractivity contribution is 8.20. The summed E-state index contributed by atoms with van der Waals surface area (Å²) in [7, 11) is 0. The Morgan fingerprint density at radius 1 is 1.31 bits per heavy atom. The summed E-state index contributed by atoms with van der Waals surface area (Å²) in [6.07, 6.45) is 0. The van der Waals surface area contributed by atoms with E-state index in [1.165, 1.54) is 17.1 Å². The van der Waals surface area contributed by atoms with Crippen LogP contribution in [0, 0.1) is 0 Å². The minimum absolute atomic E-state index is 0.152. The number of phenolic OH excluding ortho intramolecular Hbond substituents is 1. The average Bonchev–Trinajstić information content (AvgIpc) is 2.54. The van der Waals surface area contributed by atoms with Crippen molar-refractivity contribution >= 4 is 23.5 Å². The Labute approximate surface area is 86.9 Å². The summed E-state index contributed by atoms with van der Waals surface area (Å²) in [5.41, 5.74) is 1.22. The molecule has 70 valence electrons. The van der Waals surface area contributed by atoms with Gasteiger partial charge in [-0.15, -0.1) is 23.5 Å². The maximum absolute atomic E-state index is 9.37. The van der Waals surface area contributed by atoms with Gasteiger partial charge in [0.1, 0.15) is 5.75 Å². The molecule has 0 radical (unpaired) electrons. The molecular weight excluding hydrogens is 200 g/mol. The molecule has 13 heavy (non-hydrogen) atoms. The molecule has 0 saturated carbocycles. The fourth-order valence-corrected chi connectivity index (χ4v) is 4.34. The van der Waals surface area contributed by atoms with E-state index < -0.39 is 0 Å². The third kappa shape index (κ3) is 1.81. The van der Waals surface area contributed by atoms with Gasteiger partial charge in [-0.05, 0) is 24.6 Å². The van der Waals surface area contributed by atoms with Crippen molar-refractivity contribution in [2.45, 2.75) is 11.0 Å². The van der Waals surface area contributed by atoms with E-state index in [1.807, 2.05) is 35.7 Å². The normalized spacial score (nSPS) is 20.4. The van der Waals surface area contributed by atoms with Gasteiger partial charge in [0.2, 0.25) is 0 Å². The van der Waals surface area contributed by atoms with E-state index in [1.54, 1.807) is 6.07 Å².